The number of pyridine rings is 1. The highest BCUT2D eigenvalue weighted by atomic mass is 16.5. The third-order valence-corrected chi connectivity index (χ3v) is 4.29. The molecule has 0 radical (unpaired) electrons. The predicted octanol–water partition coefficient (Wildman–Crippen LogP) is 3.35. The van der Waals surface area contributed by atoms with Crippen LogP contribution in [-0.2, 0) is 17.6 Å². The van der Waals surface area contributed by atoms with E-state index in [0.717, 1.165) is 56.8 Å². The maximum absolute atomic E-state index is 9.64. The lowest BCUT2D eigenvalue weighted by molar-refractivity contribution is 0.122. The predicted molar refractivity (Wildman–Crippen MR) is 98.4 cm³/mol. The van der Waals surface area contributed by atoms with Gasteiger partial charge in [0.25, 0.3) is 0 Å². The van der Waals surface area contributed by atoms with E-state index < -0.39 is 0 Å². The van der Waals surface area contributed by atoms with Gasteiger partial charge in [-0.2, -0.15) is 0 Å². The number of ether oxygens (including phenoxy) is 1. The highest BCUT2D eigenvalue weighted by Gasteiger charge is 2.10. The first kappa shape index (κ1) is 18.7. The number of aryl methyl sites for hydroxylation is 2. The molecule has 2 rings (SSSR count). The number of fused-ring (bicyclic) bond motifs is 1. The molecule has 134 valence electrons. The summed E-state index contributed by atoms with van der Waals surface area (Å²) in [4.78, 5) is 4.70. The van der Waals surface area contributed by atoms with E-state index in [9.17, 15) is 5.11 Å². The first-order valence-corrected chi connectivity index (χ1v) is 9.15. The number of nitrogens with one attached hydrogen (secondary N) is 1. The van der Waals surface area contributed by atoms with Crippen LogP contribution in [0, 0.1) is 0 Å². The second-order valence-electron chi connectivity index (χ2n) is 6.34. The van der Waals surface area contributed by atoms with Crippen molar-refractivity contribution >= 4 is 5.82 Å². The Bertz CT molecular complexity index is 531. The molecule has 0 saturated carbocycles. The van der Waals surface area contributed by atoms with E-state index in [1.54, 1.807) is 6.08 Å². The van der Waals surface area contributed by atoms with Crippen molar-refractivity contribution in [2.45, 2.75) is 57.9 Å². The van der Waals surface area contributed by atoms with Crippen LogP contribution in [0.4, 0.5) is 5.82 Å². The second-order valence-corrected chi connectivity index (χ2v) is 6.34. The van der Waals surface area contributed by atoms with Crippen LogP contribution in [0.25, 0.3) is 0 Å². The van der Waals surface area contributed by atoms with Gasteiger partial charge in [-0.25, -0.2) is 4.98 Å². The van der Waals surface area contributed by atoms with Crippen molar-refractivity contribution in [1.29, 1.82) is 0 Å². The van der Waals surface area contributed by atoms with Gasteiger partial charge in [0.2, 0.25) is 0 Å². The van der Waals surface area contributed by atoms with E-state index in [4.69, 9.17) is 15.5 Å². The lowest BCUT2D eigenvalue weighted by Gasteiger charge is -2.17. The molecule has 0 saturated heterocycles. The maximum Gasteiger partial charge on any atom is 0.129 e. The molecule has 2 heterocycles. The van der Waals surface area contributed by atoms with E-state index in [0.29, 0.717) is 13.0 Å². The SMILES string of the molecule is CC/C=C(/O)C(N)CCOCCCCc1ccc2c(n1)NCCC2. The number of aliphatic hydroxyl groups excluding tert-OH is 1. The molecule has 24 heavy (non-hydrogen) atoms. The summed E-state index contributed by atoms with van der Waals surface area (Å²) in [5, 5.41) is 13.0. The zero-order valence-electron chi connectivity index (χ0n) is 14.8. The van der Waals surface area contributed by atoms with Crippen LogP contribution >= 0.6 is 0 Å². The summed E-state index contributed by atoms with van der Waals surface area (Å²) in [7, 11) is 0. The second kappa shape index (κ2) is 10.3. The average Bonchev–Trinajstić information content (AvgIpc) is 2.60. The Morgan fingerprint density at radius 3 is 3.12 bits per heavy atom. The van der Waals surface area contributed by atoms with Gasteiger partial charge in [0.05, 0.1) is 6.04 Å². The van der Waals surface area contributed by atoms with Gasteiger partial charge in [-0.3, -0.25) is 0 Å². The minimum absolute atomic E-state index is 0.271. The van der Waals surface area contributed by atoms with Gasteiger partial charge in [0.1, 0.15) is 11.6 Å². The van der Waals surface area contributed by atoms with Crippen molar-refractivity contribution < 1.29 is 9.84 Å². The van der Waals surface area contributed by atoms with E-state index in [1.807, 2.05) is 6.92 Å². The molecule has 5 heteroatoms. The molecule has 0 spiro atoms. The van der Waals surface area contributed by atoms with Gasteiger partial charge in [-0.05, 0) is 62.7 Å². The normalized spacial score (nSPS) is 15.7. The first-order valence-electron chi connectivity index (χ1n) is 9.15. The molecule has 0 aliphatic carbocycles. The molecule has 1 aromatic rings. The maximum atomic E-state index is 9.64. The van der Waals surface area contributed by atoms with Crippen LogP contribution in [0.5, 0.6) is 0 Å². The molecular weight excluding hydrogens is 302 g/mol. The third-order valence-electron chi connectivity index (χ3n) is 4.29. The fourth-order valence-corrected chi connectivity index (χ4v) is 2.84. The van der Waals surface area contributed by atoms with Gasteiger partial charge < -0.3 is 20.9 Å². The molecule has 0 aromatic carbocycles. The highest BCUT2D eigenvalue weighted by Crippen LogP contribution is 2.20. The summed E-state index contributed by atoms with van der Waals surface area (Å²) in [6, 6.07) is 4.05. The minimum Gasteiger partial charge on any atom is -0.511 e. The van der Waals surface area contributed by atoms with Crippen molar-refractivity contribution in [2.24, 2.45) is 5.73 Å². The number of allylic oxidation sites excluding steroid dienone is 1. The Kier molecular flexibility index (Phi) is 8.05. The Morgan fingerprint density at radius 1 is 1.42 bits per heavy atom. The molecule has 0 bridgehead atoms. The number of nitrogens with zero attached hydrogens (tertiary/aromatic N) is 1. The molecule has 0 fully saturated rings. The summed E-state index contributed by atoms with van der Waals surface area (Å²) < 4.78 is 5.61. The van der Waals surface area contributed by atoms with Gasteiger partial charge >= 0.3 is 0 Å². The van der Waals surface area contributed by atoms with Crippen molar-refractivity contribution in [3.05, 3.63) is 35.2 Å². The van der Waals surface area contributed by atoms with E-state index >= 15 is 0 Å². The Morgan fingerprint density at radius 2 is 2.29 bits per heavy atom. The van der Waals surface area contributed by atoms with Crippen molar-refractivity contribution in [2.75, 3.05) is 25.1 Å². The summed E-state index contributed by atoms with van der Waals surface area (Å²) in [6.07, 6.45) is 8.60. The van der Waals surface area contributed by atoms with Crippen molar-refractivity contribution in [1.82, 2.24) is 4.98 Å². The fourth-order valence-electron chi connectivity index (χ4n) is 2.84. The molecule has 1 aromatic heterocycles. The van der Waals surface area contributed by atoms with Crippen molar-refractivity contribution in [3.63, 3.8) is 0 Å². The van der Waals surface area contributed by atoms with Crippen molar-refractivity contribution in [3.8, 4) is 0 Å². The van der Waals surface area contributed by atoms with Crippen LogP contribution in [0.2, 0.25) is 0 Å². The molecule has 1 aliphatic heterocycles. The number of aromatic nitrogens is 1. The highest BCUT2D eigenvalue weighted by molar-refractivity contribution is 5.46. The Balaban J connectivity index is 1.56. The number of aliphatic hydroxyl groups is 1. The topological polar surface area (TPSA) is 80.4 Å². The molecule has 1 aliphatic rings. The monoisotopic (exact) mass is 333 g/mol. The molecule has 5 nitrogen and oxygen atoms in total. The number of unbranched alkanes of at least 4 members (excludes halogenated alkanes) is 1. The molecular formula is C19H31N3O2. The van der Waals surface area contributed by atoms with Crippen LogP contribution in [-0.4, -0.2) is 35.9 Å². The number of anilines is 1. The Labute approximate surface area is 145 Å². The standard InChI is InChI=1S/C19H31N3O2/c1-2-6-18(23)17(20)11-14-24-13-4-3-8-16-10-9-15-7-5-12-21-19(15)22-16/h6,9-10,17,23H,2-5,7-8,11-14,20H2,1H3,(H,21,22)/b18-6+. The lowest BCUT2D eigenvalue weighted by Crippen LogP contribution is -2.24. The lowest BCUT2D eigenvalue weighted by atomic mass is 10.1. The number of hydrogen-bond donors (Lipinski definition) is 3. The fraction of sp³-hybridized carbons (Fsp3) is 0.632. The van der Waals surface area contributed by atoms with Gasteiger partial charge in [0, 0.05) is 25.5 Å². The quantitative estimate of drug-likeness (QED) is 0.452. The number of rotatable bonds is 10. The molecule has 0 amide bonds. The van der Waals surface area contributed by atoms with E-state index in [1.165, 1.54) is 12.0 Å². The number of hydrogen-bond acceptors (Lipinski definition) is 5. The van der Waals surface area contributed by atoms with E-state index in [-0.39, 0.29) is 11.8 Å². The van der Waals surface area contributed by atoms with Gasteiger partial charge in [-0.15, -0.1) is 0 Å². The smallest absolute Gasteiger partial charge is 0.129 e. The van der Waals surface area contributed by atoms with Crippen LogP contribution < -0.4 is 11.1 Å². The first-order chi connectivity index (χ1) is 11.7. The van der Waals surface area contributed by atoms with Crippen LogP contribution in [0.1, 0.15) is 50.3 Å². The minimum atomic E-state index is -0.308. The Hall–Kier alpha value is -1.59. The number of nitrogens with two attached hydrogens (primary N) is 1. The van der Waals surface area contributed by atoms with Gasteiger partial charge in [0.15, 0.2) is 0 Å². The molecule has 4 N–H and O–H groups in total. The van der Waals surface area contributed by atoms with Crippen LogP contribution in [0.15, 0.2) is 24.0 Å². The summed E-state index contributed by atoms with van der Waals surface area (Å²) >= 11 is 0. The largest absolute Gasteiger partial charge is 0.511 e. The summed E-state index contributed by atoms with van der Waals surface area (Å²) in [5.74, 6) is 1.34. The van der Waals surface area contributed by atoms with Crippen LogP contribution in [0.3, 0.4) is 0 Å². The molecule has 1 atom stereocenters. The summed E-state index contributed by atoms with van der Waals surface area (Å²) in [6.45, 7) is 4.33. The zero-order chi connectivity index (χ0) is 17.2. The van der Waals surface area contributed by atoms with Gasteiger partial charge in [-0.1, -0.05) is 13.0 Å². The zero-order valence-corrected chi connectivity index (χ0v) is 14.8. The molecule has 1 unspecified atom stereocenters. The van der Waals surface area contributed by atoms with E-state index in [2.05, 4.69) is 17.4 Å². The summed E-state index contributed by atoms with van der Waals surface area (Å²) in [5.41, 5.74) is 8.35. The third kappa shape index (κ3) is 6.13. The average molecular weight is 333 g/mol.